The van der Waals surface area contributed by atoms with Crippen molar-refractivity contribution in [3.05, 3.63) is 33.5 Å². The smallest absolute Gasteiger partial charge is 0.270 e. The first-order chi connectivity index (χ1) is 15.0. The van der Waals surface area contributed by atoms with Crippen molar-refractivity contribution in [3.8, 4) is 0 Å². The lowest BCUT2D eigenvalue weighted by atomic mass is 9.72. The van der Waals surface area contributed by atoms with E-state index < -0.39 is 0 Å². The maximum absolute atomic E-state index is 12.9. The van der Waals surface area contributed by atoms with Crippen LogP contribution >= 0.6 is 11.3 Å². The number of hydrogen-bond donors (Lipinski definition) is 2. The minimum atomic E-state index is -0.151. The van der Waals surface area contributed by atoms with Crippen molar-refractivity contribution in [3.63, 3.8) is 0 Å². The molecule has 2 aromatic heterocycles. The van der Waals surface area contributed by atoms with Gasteiger partial charge in [-0.15, -0.1) is 11.3 Å². The molecule has 3 saturated heterocycles. The van der Waals surface area contributed by atoms with E-state index in [9.17, 15) is 9.59 Å². The molecule has 2 N–H and O–H groups in total. The summed E-state index contributed by atoms with van der Waals surface area (Å²) in [5.74, 6) is 0.969. The van der Waals surface area contributed by atoms with E-state index in [4.69, 9.17) is 0 Å². The first-order valence-corrected chi connectivity index (χ1v) is 12.2. The van der Waals surface area contributed by atoms with Crippen LogP contribution < -0.4 is 5.32 Å². The van der Waals surface area contributed by atoms with Gasteiger partial charge in [-0.25, -0.2) is 4.98 Å². The lowest BCUT2D eigenvalue weighted by Crippen LogP contribution is -2.67. The minimum Gasteiger partial charge on any atom is -0.349 e. The summed E-state index contributed by atoms with van der Waals surface area (Å²) < 4.78 is 0. The Morgan fingerprint density at radius 3 is 2.90 bits per heavy atom. The van der Waals surface area contributed by atoms with Crippen LogP contribution in [0, 0.1) is 25.7 Å². The molecule has 0 spiro atoms. The number of aromatic amines is 1. The molecule has 31 heavy (non-hydrogen) atoms. The quantitative estimate of drug-likeness (QED) is 0.740. The fourth-order valence-electron chi connectivity index (χ4n) is 5.91. The fourth-order valence-corrected chi connectivity index (χ4v) is 6.44. The number of rotatable bonds is 5. The Kier molecular flexibility index (Phi) is 5.56. The first-order valence-electron chi connectivity index (χ1n) is 11.2. The second kappa shape index (κ2) is 8.35. The average molecular weight is 443 g/mol. The summed E-state index contributed by atoms with van der Waals surface area (Å²) in [6.45, 7) is 7.48. The van der Waals surface area contributed by atoms with Crippen molar-refractivity contribution in [2.75, 3.05) is 19.6 Å². The molecule has 2 aromatic rings. The van der Waals surface area contributed by atoms with E-state index in [1.165, 1.54) is 16.9 Å². The molecular formula is C22H30N6O2S. The number of H-pyrrole nitrogens is 1. The predicted octanol–water partition coefficient (Wildman–Crippen LogP) is 2.11. The van der Waals surface area contributed by atoms with Crippen LogP contribution in [0.2, 0.25) is 0 Å². The highest BCUT2D eigenvalue weighted by atomic mass is 32.1. The first kappa shape index (κ1) is 20.6. The third-order valence-corrected chi connectivity index (χ3v) is 7.96. The Balaban J connectivity index is 1.35. The average Bonchev–Trinajstić information content (AvgIpc) is 3.40. The van der Waals surface area contributed by atoms with Crippen LogP contribution in [-0.2, 0) is 11.3 Å². The summed E-state index contributed by atoms with van der Waals surface area (Å²) in [5, 5.41) is 12.3. The number of carbonyl (C=O) groups is 2. The summed E-state index contributed by atoms with van der Waals surface area (Å²) in [7, 11) is 0. The molecule has 5 rings (SSSR count). The standard InChI is InChI=1S/C22H30N6O2S/c1-13-17(14(2)26-25-13)10-27-8-15-6-16(9-27)20(28-19(15)4-3-5-21(28)29)7-23-22(30)18-11-31-12-24-18/h11-12,15-16,19-20H,3-10H2,1-2H3,(H,23,30)(H,25,26)/t15-,16+,19+,20+/m1/s1. The number of aromatic nitrogens is 3. The predicted molar refractivity (Wildman–Crippen MR) is 118 cm³/mol. The Labute approximate surface area is 186 Å². The van der Waals surface area contributed by atoms with E-state index in [2.05, 4.69) is 44.1 Å². The third-order valence-electron chi connectivity index (χ3n) is 7.37. The van der Waals surface area contributed by atoms with Gasteiger partial charge >= 0.3 is 0 Å². The summed E-state index contributed by atoms with van der Waals surface area (Å²) in [5.41, 5.74) is 5.61. The second-order valence-electron chi connectivity index (χ2n) is 9.27. The summed E-state index contributed by atoms with van der Waals surface area (Å²) in [6, 6.07) is 0.332. The van der Waals surface area contributed by atoms with E-state index in [-0.39, 0.29) is 23.9 Å². The zero-order valence-electron chi connectivity index (χ0n) is 18.1. The lowest BCUT2D eigenvalue weighted by molar-refractivity contribution is -0.152. The molecule has 0 aliphatic carbocycles. The van der Waals surface area contributed by atoms with Gasteiger partial charge in [0.25, 0.3) is 5.91 Å². The van der Waals surface area contributed by atoms with Crippen LogP contribution in [0.4, 0.5) is 0 Å². The maximum Gasteiger partial charge on any atom is 0.270 e. The van der Waals surface area contributed by atoms with E-state index in [0.717, 1.165) is 50.3 Å². The summed E-state index contributed by atoms with van der Waals surface area (Å²) in [6.07, 6.45) is 3.80. The summed E-state index contributed by atoms with van der Waals surface area (Å²) in [4.78, 5) is 34.3. The molecule has 2 bridgehead atoms. The van der Waals surface area contributed by atoms with Gasteiger partial charge in [0, 0.05) is 55.3 Å². The molecule has 0 radical (unpaired) electrons. The minimum absolute atomic E-state index is 0.0472. The zero-order chi connectivity index (χ0) is 21.5. The number of nitrogens with zero attached hydrogens (tertiary/aromatic N) is 4. The number of likely N-dealkylation sites (tertiary alicyclic amines) is 1. The van der Waals surface area contributed by atoms with Crippen molar-refractivity contribution in [1.29, 1.82) is 0 Å². The molecule has 4 atom stereocenters. The molecule has 0 saturated carbocycles. The molecule has 166 valence electrons. The molecule has 0 unspecified atom stereocenters. The van der Waals surface area contributed by atoms with Crippen molar-refractivity contribution in [2.24, 2.45) is 11.8 Å². The van der Waals surface area contributed by atoms with Crippen LogP contribution in [0.3, 0.4) is 0 Å². The molecule has 0 aromatic carbocycles. The number of fused-ring (bicyclic) bond motifs is 4. The van der Waals surface area contributed by atoms with Gasteiger partial charge in [0.15, 0.2) is 0 Å². The highest BCUT2D eigenvalue weighted by Gasteiger charge is 2.49. The molecule has 3 fully saturated rings. The van der Waals surface area contributed by atoms with Crippen LogP contribution in [0.15, 0.2) is 10.9 Å². The largest absolute Gasteiger partial charge is 0.349 e. The molecule has 3 aliphatic heterocycles. The Hall–Kier alpha value is -2.26. The van der Waals surface area contributed by atoms with E-state index in [1.807, 2.05) is 0 Å². The molecular weight excluding hydrogens is 412 g/mol. The summed E-state index contributed by atoms with van der Waals surface area (Å²) >= 11 is 1.42. The number of amides is 2. The van der Waals surface area contributed by atoms with Crippen LogP contribution in [0.25, 0.3) is 0 Å². The second-order valence-corrected chi connectivity index (χ2v) is 9.99. The van der Waals surface area contributed by atoms with Gasteiger partial charge in [-0.1, -0.05) is 0 Å². The topological polar surface area (TPSA) is 94.2 Å². The van der Waals surface area contributed by atoms with Gasteiger partial charge in [0.1, 0.15) is 5.69 Å². The lowest BCUT2D eigenvalue weighted by Gasteiger charge is -2.56. The van der Waals surface area contributed by atoms with Crippen molar-refractivity contribution in [2.45, 2.75) is 58.2 Å². The van der Waals surface area contributed by atoms with Crippen LogP contribution in [0.1, 0.15) is 53.1 Å². The number of aryl methyl sites for hydroxylation is 2. The third kappa shape index (κ3) is 3.89. The monoisotopic (exact) mass is 442 g/mol. The number of thiazole rings is 1. The molecule has 2 amide bonds. The molecule has 3 aliphatic rings. The SMILES string of the molecule is Cc1n[nH]c(C)c1CN1C[C@H]2C[C@@H](C1)[C@H](CNC(=O)c1cscn1)N1C(=O)CCC[C@@H]21. The van der Waals surface area contributed by atoms with Gasteiger partial charge in [0.05, 0.1) is 17.2 Å². The molecule has 5 heterocycles. The van der Waals surface area contributed by atoms with E-state index in [0.29, 0.717) is 30.5 Å². The van der Waals surface area contributed by atoms with Crippen molar-refractivity contribution < 1.29 is 9.59 Å². The van der Waals surface area contributed by atoms with Gasteiger partial charge in [-0.2, -0.15) is 5.10 Å². The highest BCUT2D eigenvalue weighted by molar-refractivity contribution is 7.07. The molecule has 8 nitrogen and oxygen atoms in total. The number of carbonyl (C=O) groups excluding carboxylic acids is 2. The van der Waals surface area contributed by atoms with Crippen molar-refractivity contribution >= 4 is 23.2 Å². The van der Waals surface area contributed by atoms with Gasteiger partial charge in [0.2, 0.25) is 5.91 Å². The van der Waals surface area contributed by atoms with Crippen LogP contribution in [0.5, 0.6) is 0 Å². The maximum atomic E-state index is 12.9. The number of piperidine rings is 3. The Morgan fingerprint density at radius 2 is 2.16 bits per heavy atom. The Morgan fingerprint density at radius 1 is 1.32 bits per heavy atom. The highest BCUT2D eigenvalue weighted by Crippen LogP contribution is 2.41. The van der Waals surface area contributed by atoms with Crippen molar-refractivity contribution in [1.82, 2.24) is 30.3 Å². The number of hydrogen-bond acceptors (Lipinski definition) is 6. The number of nitrogens with one attached hydrogen (secondary N) is 2. The zero-order valence-corrected chi connectivity index (χ0v) is 19.0. The normalized spacial score (nSPS) is 28.5. The van der Waals surface area contributed by atoms with Gasteiger partial charge in [-0.3, -0.25) is 19.6 Å². The Bertz CT molecular complexity index is 938. The fraction of sp³-hybridized carbons (Fsp3) is 0.636. The van der Waals surface area contributed by atoms with E-state index in [1.54, 1.807) is 10.9 Å². The van der Waals surface area contributed by atoms with Gasteiger partial charge in [-0.05, 0) is 44.9 Å². The van der Waals surface area contributed by atoms with Gasteiger partial charge < -0.3 is 10.2 Å². The van der Waals surface area contributed by atoms with Crippen LogP contribution in [-0.4, -0.2) is 68.5 Å². The van der Waals surface area contributed by atoms with E-state index >= 15 is 0 Å². The molecule has 9 heteroatoms.